The van der Waals surface area contributed by atoms with Gasteiger partial charge in [-0.2, -0.15) is 0 Å². The smallest absolute Gasteiger partial charge is 0.158 e. The van der Waals surface area contributed by atoms with Crippen LogP contribution in [0.3, 0.4) is 0 Å². The van der Waals surface area contributed by atoms with Crippen LogP contribution in [0, 0.1) is 0 Å². The predicted molar refractivity (Wildman–Crippen MR) is 28.5 cm³/mol. The van der Waals surface area contributed by atoms with Gasteiger partial charge >= 0.3 is 0 Å². The first-order chi connectivity index (χ1) is 3.95. The first-order valence-corrected chi connectivity index (χ1v) is 3.22. The fourth-order valence-electron chi connectivity index (χ4n) is 1.32. The summed E-state index contributed by atoms with van der Waals surface area (Å²) >= 11 is 0. The van der Waals surface area contributed by atoms with Gasteiger partial charge in [-0.05, 0) is 19.3 Å². The summed E-state index contributed by atoms with van der Waals surface area (Å²) in [5, 5.41) is 0. The highest BCUT2D eigenvalue weighted by molar-refractivity contribution is 4.71. The molecule has 0 aliphatic carbocycles. The van der Waals surface area contributed by atoms with Gasteiger partial charge in [-0.15, -0.1) is 0 Å². The molecule has 2 aliphatic heterocycles. The molecular formula is C6H10O2. The third-order valence-electron chi connectivity index (χ3n) is 1.78. The van der Waals surface area contributed by atoms with Gasteiger partial charge in [0, 0.05) is 0 Å². The van der Waals surface area contributed by atoms with Crippen molar-refractivity contribution in [1.82, 2.24) is 0 Å². The highest BCUT2D eigenvalue weighted by Crippen LogP contribution is 2.25. The van der Waals surface area contributed by atoms with Crippen LogP contribution in [-0.2, 0) is 9.47 Å². The van der Waals surface area contributed by atoms with Gasteiger partial charge in [-0.1, -0.05) is 0 Å². The molecule has 0 saturated carbocycles. The van der Waals surface area contributed by atoms with Gasteiger partial charge in [-0.25, -0.2) is 0 Å². The number of rotatable bonds is 0. The van der Waals surface area contributed by atoms with Gasteiger partial charge in [-0.3, -0.25) is 0 Å². The van der Waals surface area contributed by atoms with Crippen LogP contribution in [0.15, 0.2) is 0 Å². The molecule has 8 heavy (non-hydrogen) atoms. The third kappa shape index (κ3) is 0.644. The van der Waals surface area contributed by atoms with E-state index in [0.29, 0.717) is 6.10 Å². The lowest BCUT2D eigenvalue weighted by Gasteiger charge is -2.16. The van der Waals surface area contributed by atoms with Crippen LogP contribution in [0.4, 0.5) is 0 Å². The molecule has 0 amide bonds. The number of ether oxygens (including phenoxy) is 2. The summed E-state index contributed by atoms with van der Waals surface area (Å²) < 4.78 is 10.6. The van der Waals surface area contributed by atoms with Crippen LogP contribution in [0.25, 0.3) is 0 Å². The van der Waals surface area contributed by atoms with E-state index in [1.807, 2.05) is 0 Å². The Hall–Kier alpha value is -0.0800. The molecule has 2 atom stereocenters. The minimum Gasteiger partial charge on any atom is -0.350 e. The molecule has 2 rings (SSSR count). The van der Waals surface area contributed by atoms with Crippen molar-refractivity contribution in [3.05, 3.63) is 0 Å². The number of hydrogen-bond acceptors (Lipinski definition) is 2. The molecule has 2 heterocycles. The Kier molecular flexibility index (Phi) is 1.02. The maximum absolute atomic E-state index is 5.38. The fraction of sp³-hybridized carbons (Fsp3) is 1.00. The van der Waals surface area contributed by atoms with E-state index in [0.717, 1.165) is 13.0 Å². The Balaban J connectivity index is 2.03. The maximum Gasteiger partial charge on any atom is 0.158 e. The van der Waals surface area contributed by atoms with E-state index in [1.165, 1.54) is 12.8 Å². The van der Waals surface area contributed by atoms with Gasteiger partial charge in [0.25, 0.3) is 0 Å². The summed E-state index contributed by atoms with van der Waals surface area (Å²) in [7, 11) is 0. The van der Waals surface area contributed by atoms with Crippen molar-refractivity contribution in [3.8, 4) is 0 Å². The second kappa shape index (κ2) is 1.71. The SMILES string of the molecule is C1C[C@@H]2CO[C@H](C1)O2. The van der Waals surface area contributed by atoms with E-state index in [-0.39, 0.29) is 6.29 Å². The Labute approximate surface area is 48.8 Å². The molecule has 0 N–H and O–H groups in total. The highest BCUT2D eigenvalue weighted by atomic mass is 16.7. The molecule has 2 heteroatoms. The Morgan fingerprint density at radius 1 is 1.25 bits per heavy atom. The van der Waals surface area contributed by atoms with Crippen molar-refractivity contribution in [2.24, 2.45) is 0 Å². The molecule has 0 radical (unpaired) electrons. The molecule has 0 aromatic heterocycles. The summed E-state index contributed by atoms with van der Waals surface area (Å²) in [5.41, 5.74) is 0. The average molecular weight is 114 g/mol. The summed E-state index contributed by atoms with van der Waals surface area (Å²) in [6.07, 6.45) is 4.20. The van der Waals surface area contributed by atoms with Gasteiger partial charge in [0.05, 0.1) is 12.7 Å². The van der Waals surface area contributed by atoms with Crippen LogP contribution in [-0.4, -0.2) is 19.0 Å². The minimum atomic E-state index is 0.161. The lowest BCUT2D eigenvalue weighted by molar-refractivity contribution is -0.0815. The molecular weight excluding hydrogens is 104 g/mol. The van der Waals surface area contributed by atoms with Gasteiger partial charge in [0.15, 0.2) is 6.29 Å². The maximum atomic E-state index is 5.38. The fourth-order valence-corrected chi connectivity index (χ4v) is 1.32. The third-order valence-corrected chi connectivity index (χ3v) is 1.78. The van der Waals surface area contributed by atoms with Crippen LogP contribution in [0.5, 0.6) is 0 Å². The van der Waals surface area contributed by atoms with Crippen LogP contribution in [0.2, 0.25) is 0 Å². The standard InChI is InChI=1S/C6H10O2/c1-2-5-4-7-6(3-1)8-5/h5-6H,1-4H2/t5-,6+/m1/s1. The van der Waals surface area contributed by atoms with Gasteiger partial charge in [0.1, 0.15) is 0 Å². The molecule has 2 saturated heterocycles. The monoisotopic (exact) mass is 114 g/mol. The van der Waals surface area contributed by atoms with Crippen molar-refractivity contribution < 1.29 is 9.47 Å². The predicted octanol–water partition coefficient (Wildman–Crippen LogP) is 0.912. The molecule has 0 aromatic carbocycles. The van der Waals surface area contributed by atoms with Crippen molar-refractivity contribution >= 4 is 0 Å². The van der Waals surface area contributed by atoms with E-state index in [1.54, 1.807) is 0 Å². The van der Waals surface area contributed by atoms with Crippen molar-refractivity contribution in [2.75, 3.05) is 6.61 Å². The van der Waals surface area contributed by atoms with Crippen molar-refractivity contribution in [3.63, 3.8) is 0 Å². The zero-order valence-electron chi connectivity index (χ0n) is 4.80. The van der Waals surface area contributed by atoms with Crippen molar-refractivity contribution in [2.45, 2.75) is 31.7 Å². The quantitative estimate of drug-likeness (QED) is 0.466. The van der Waals surface area contributed by atoms with Crippen LogP contribution < -0.4 is 0 Å². The number of fused-ring (bicyclic) bond motifs is 2. The second-order valence-electron chi connectivity index (χ2n) is 2.45. The molecule has 2 aliphatic rings. The second-order valence-corrected chi connectivity index (χ2v) is 2.45. The Bertz CT molecular complexity index is 78.5. The summed E-state index contributed by atoms with van der Waals surface area (Å²) in [6.45, 7) is 0.838. The highest BCUT2D eigenvalue weighted by Gasteiger charge is 2.29. The average Bonchev–Trinajstić information content (AvgIpc) is 2.12. The van der Waals surface area contributed by atoms with Gasteiger partial charge < -0.3 is 9.47 Å². The summed E-state index contributed by atoms with van der Waals surface area (Å²) in [6, 6.07) is 0. The van der Waals surface area contributed by atoms with Crippen LogP contribution >= 0.6 is 0 Å². The molecule has 0 spiro atoms. The lowest BCUT2D eigenvalue weighted by Crippen LogP contribution is -2.17. The topological polar surface area (TPSA) is 18.5 Å². The summed E-state index contributed by atoms with van der Waals surface area (Å²) in [4.78, 5) is 0. The van der Waals surface area contributed by atoms with E-state index in [4.69, 9.17) is 9.47 Å². The molecule has 0 aromatic rings. The number of hydrogen-bond donors (Lipinski definition) is 0. The molecule has 2 nitrogen and oxygen atoms in total. The molecule has 0 unspecified atom stereocenters. The molecule has 46 valence electrons. The van der Waals surface area contributed by atoms with Gasteiger partial charge in [0.2, 0.25) is 0 Å². The lowest BCUT2D eigenvalue weighted by atomic mass is 10.1. The van der Waals surface area contributed by atoms with E-state index in [9.17, 15) is 0 Å². The van der Waals surface area contributed by atoms with E-state index in [2.05, 4.69) is 0 Å². The first kappa shape index (κ1) is 4.77. The van der Waals surface area contributed by atoms with E-state index >= 15 is 0 Å². The first-order valence-electron chi connectivity index (χ1n) is 3.22. The largest absolute Gasteiger partial charge is 0.350 e. The molecule has 2 fully saturated rings. The van der Waals surface area contributed by atoms with Crippen LogP contribution in [0.1, 0.15) is 19.3 Å². The minimum absolute atomic E-state index is 0.161. The Morgan fingerprint density at radius 3 is 3.00 bits per heavy atom. The molecule has 2 bridgehead atoms. The zero-order chi connectivity index (χ0) is 5.40. The zero-order valence-corrected chi connectivity index (χ0v) is 4.80. The van der Waals surface area contributed by atoms with E-state index < -0.39 is 0 Å². The normalized spacial score (nSPS) is 45.0. The van der Waals surface area contributed by atoms with Crippen molar-refractivity contribution in [1.29, 1.82) is 0 Å². The summed E-state index contributed by atoms with van der Waals surface area (Å²) in [5.74, 6) is 0. The Morgan fingerprint density at radius 2 is 2.25 bits per heavy atom.